The van der Waals surface area contributed by atoms with Crippen LogP contribution in [0.1, 0.15) is 44.1 Å². The standard InChI is InChI=1S/C19H26N4O3/c1-12-10-14(18(20)25)13-6-2-3-8-16(13)23(12)11-17(24)22-15-7-4-5-9-21-19(15)26/h2-3,6,8,12,14-15H,4-5,7,9-11H2,1H3,(H2,20,25)(H,21,26)(H,22,24). The third kappa shape index (κ3) is 3.81. The Labute approximate surface area is 153 Å². The Morgan fingerprint density at radius 3 is 2.85 bits per heavy atom. The highest BCUT2D eigenvalue weighted by atomic mass is 16.2. The van der Waals surface area contributed by atoms with Crippen LogP contribution >= 0.6 is 0 Å². The lowest BCUT2D eigenvalue weighted by molar-refractivity contribution is -0.128. The van der Waals surface area contributed by atoms with Crippen LogP contribution in [0.3, 0.4) is 0 Å². The summed E-state index contributed by atoms with van der Waals surface area (Å²) in [6.45, 7) is 2.79. The van der Waals surface area contributed by atoms with Crippen molar-refractivity contribution in [1.82, 2.24) is 10.6 Å². The van der Waals surface area contributed by atoms with Gasteiger partial charge in [0.25, 0.3) is 0 Å². The van der Waals surface area contributed by atoms with Gasteiger partial charge < -0.3 is 21.3 Å². The molecular weight excluding hydrogens is 332 g/mol. The summed E-state index contributed by atoms with van der Waals surface area (Å²) in [7, 11) is 0. The van der Waals surface area contributed by atoms with Crippen LogP contribution in [0.4, 0.5) is 5.69 Å². The van der Waals surface area contributed by atoms with Crippen molar-refractivity contribution in [2.45, 2.75) is 50.6 Å². The molecule has 4 N–H and O–H groups in total. The van der Waals surface area contributed by atoms with Crippen LogP contribution in [0.25, 0.3) is 0 Å². The maximum Gasteiger partial charge on any atom is 0.242 e. The number of nitrogens with zero attached hydrogens (tertiary/aromatic N) is 1. The highest BCUT2D eigenvalue weighted by molar-refractivity contribution is 5.91. The van der Waals surface area contributed by atoms with Crippen LogP contribution in [-0.2, 0) is 14.4 Å². The zero-order valence-electron chi connectivity index (χ0n) is 15.0. The predicted octanol–water partition coefficient (Wildman–Crippen LogP) is 0.639. The highest BCUT2D eigenvalue weighted by Gasteiger charge is 2.34. The van der Waals surface area contributed by atoms with E-state index in [0.29, 0.717) is 19.4 Å². The van der Waals surface area contributed by atoms with Crippen LogP contribution in [-0.4, -0.2) is 42.9 Å². The number of carbonyl (C=O) groups is 3. The van der Waals surface area contributed by atoms with Crippen LogP contribution < -0.4 is 21.3 Å². The summed E-state index contributed by atoms with van der Waals surface area (Å²) < 4.78 is 0. The van der Waals surface area contributed by atoms with Gasteiger partial charge in [0.15, 0.2) is 0 Å². The van der Waals surface area contributed by atoms with Crippen molar-refractivity contribution in [1.29, 1.82) is 0 Å². The fourth-order valence-corrected chi connectivity index (χ4v) is 3.86. The molecule has 2 aliphatic heterocycles. The summed E-state index contributed by atoms with van der Waals surface area (Å²) >= 11 is 0. The molecule has 3 atom stereocenters. The summed E-state index contributed by atoms with van der Waals surface area (Å²) in [5.74, 6) is -0.986. The highest BCUT2D eigenvalue weighted by Crippen LogP contribution is 2.37. The second kappa shape index (κ2) is 7.76. The molecule has 0 saturated carbocycles. The molecule has 0 bridgehead atoms. The second-order valence-corrected chi connectivity index (χ2v) is 7.13. The molecule has 140 valence electrons. The largest absolute Gasteiger partial charge is 0.369 e. The number of rotatable bonds is 4. The number of fused-ring (bicyclic) bond motifs is 1. The number of carbonyl (C=O) groups excluding carboxylic acids is 3. The summed E-state index contributed by atoms with van der Waals surface area (Å²) in [4.78, 5) is 38.4. The van der Waals surface area contributed by atoms with Crippen LogP contribution in [0.2, 0.25) is 0 Å². The van der Waals surface area contributed by atoms with Gasteiger partial charge in [-0.15, -0.1) is 0 Å². The van der Waals surface area contributed by atoms with E-state index in [9.17, 15) is 14.4 Å². The van der Waals surface area contributed by atoms with Crippen LogP contribution in [0.5, 0.6) is 0 Å². The van der Waals surface area contributed by atoms with E-state index < -0.39 is 6.04 Å². The van der Waals surface area contributed by atoms with Gasteiger partial charge in [0.1, 0.15) is 6.04 Å². The average Bonchev–Trinajstić information content (AvgIpc) is 2.81. The predicted molar refractivity (Wildman–Crippen MR) is 98.6 cm³/mol. The first-order valence-electron chi connectivity index (χ1n) is 9.19. The zero-order valence-corrected chi connectivity index (χ0v) is 15.0. The summed E-state index contributed by atoms with van der Waals surface area (Å²) in [5.41, 5.74) is 7.28. The Balaban J connectivity index is 1.74. The molecule has 1 aromatic rings. The van der Waals surface area contributed by atoms with Gasteiger partial charge in [-0.25, -0.2) is 0 Å². The van der Waals surface area contributed by atoms with Crippen molar-refractivity contribution in [2.24, 2.45) is 5.73 Å². The van der Waals surface area contributed by atoms with Crippen molar-refractivity contribution in [3.63, 3.8) is 0 Å². The molecule has 7 nitrogen and oxygen atoms in total. The van der Waals surface area contributed by atoms with Crippen molar-refractivity contribution in [3.05, 3.63) is 29.8 Å². The number of anilines is 1. The molecule has 26 heavy (non-hydrogen) atoms. The molecule has 0 aliphatic carbocycles. The van der Waals surface area contributed by atoms with E-state index in [4.69, 9.17) is 5.73 Å². The number of para-hydroxylation sites is 1. The first-order valence-corrected chi connectivity index (χ1v) is 9.19. The van der Waals surface area contributed by atoms with Crippen LogP contribution in [0.15, 0.2) is 24.3 Å². The number of nitrogens with one attached hydrogen (secondary N) is 2. The van der Waals surface area contributed by atoms with E-state index >= 15 is 0 Å². The van der Waals surface area contributed by atoms with Gasteiger partial charge in [-0.3, -0.25) is 14.4 Å². The first kappa shape index (κ1) is 18.2. The summed E-state index contributed by atoms with van der Waals surface area (Å²) in [5, 5.41) is 5.68. The number of primary amides is 1. The zero-order chi connectivity index (χ0) is 18.7. The third-order valence-corrected chi connectivity index (χ3v) is 5.26. The molecule has 1 saturated heterocycles. The third-order valence-electron chi connectivity index (χ3n) is 5.26. The smallest absolute Gasteiger partial charge is 0.242 e. The van der Waals surface area contributed by atoms with Crippen molar-refractivity contribution in [2.75, 3.05) is 18.0 Å². The molecule has 0 aromatic heterocycles. The summed E-state index contributed by atoms with van der Waals surface area (Å²) in [6.07, 6.45) is 3.08. The molecule has 0 radical (unpaired) electrons. The van der Waals surface area contributed by atoms with E-state index in [1.165, 1.54) is 0 Å². The molecule has 1 aromatic carbocycles. The minimum absolute atomic E-state index is 0.00360. The Hall–Kier alpha value is -2.57. The van der Waals surface area contributed by atoms with Gasteiger partial charge in [-0.05, 0) is 44.2 Å². The van der Waals surface area contributed by atoms with E-state index in [2.05, 4.69) is 10.6 Å². The summed E-state index contributed by atoms with van der Waals surface area (Å²) in [6, 6.07) is 7.08. The number of benzene rings is 1. The first-order chi connectivity index (χ1) is 12.5. The van der Waals surface area contributed by atoms with E-state index in [1.54, 1.807) is 0 Å². The molecule has 2 aliphatic rings. The molecule has 1 fully saturated rings. The quantitative estimate of drug-likeness (QED) is 0.734. The van der Waals surface area contributed by atoms with Crippen molar-refractivity contribution < 1.29 is 14.4 Å². The normalized spacial score (nSPS) is 25.7. The molecule has 0 spiro atoms. The minimum atomic E-state index is -0.473. The lowest BCUT2D eigenvalue weighted by Gasteiger charge is -2.39. The number of amides is 3. The van der Waals surface area contributed by atoms with E-state index in [-0.39, 0.29) is 36.2 Å². The van der Waals surface area contributed by atoms with Gasteiger partial charge >= 0.3 is 0 Å². The SMILES string of the molecule is CC1CC(C(N)=O)c2ccccc2N1CC(=O)NC1CCCCNC1=O. The minimum Gasteiger partial charge on any atom is -0.369 e. The molecule has 3 unspecified atom stereocenters. The molecule has 2 heterocycles. The van der Waals surface area contributed by atoms with Gasteiger partial charge in [-0.1, -0.05) is 18.2 Å². The number of nitrogens with two attached hydrogens (primary N) is 1. The fourth-order valence-electron chi connectivity index (χ4n) is 3.86. The lowest BCUT2D eigenvalue weighted by Crippen LogP contribution is -2.51. The molecule has 3 amide bonds. The molecule has 7 heteroatoms. The van der Waals surface area contributed by atoms with E-state index in [1.807, 2.05) is 36.1 Å². The Morgan fingerprint density at radius 2 is 2.08 bits per heavy atom. The lowest BCUT2D eigenvalue weighted by atomic mass is 9.85. The molecular formula is C19H26N4O3. The van der Waals surface area contributed by atoms with Gasteiger partial charge in [-0.2, -0.15) is 0 Å². The fraction of sp³-hybridized carbons (Fsp3) is 0.526. The monoisotopic (exact) mass is 358 g/mol. The average molecular weight is 358 g/mol. The Kier molecular flexibility index (Phi) is 5.44. The van der Waals surface area contributed by atoms with E-state index in [0.717, 1.165) is 24.1 Å². The van der Waals surface area contributed by atoms with Crippen LogP contribution in [0, 0.1) is 0 Å². The maximum atomic E-state index is 12.6. The number of hydrogen-bond acceptors (Lipinski definition) is 4. The Bertz CT molecular complexity index is 706. The van der Waals surface area contributed by atoms with Crippen molar-refractivity contribution in [3.8, 4) is 0 Å². The maximum absolute atomic E-state index is 12.6. The van der Waals surface area contributed by atoms with Crippen molar-refractivity contribution >= 4 is 23.4 Å². The topological polar surface area (TPSA) is 105 Å². The second-order valence-electron chi connectivity index (χ2n) is 7.13. The Morgan fingerprint density at radius 1 is 1.31 bits per heavy atom. The molecule has 3 rings (SSSR count). The van der Waals surface area contributed by atoms with Gasteiger partial charge in [0, 0.05) is 18.3 Å². The van der Waals surface area contributed by atoms with Gasteiger partial charge in [0.05, 0.1) is 12.5 Å². The number of hydrogen-bond donors (Lipinski definition) is 3. The van der Waals surface area contributed by atoms with Gasteiger partial charge in [0.2, 0.25) is 17.7 Å².